The molecule has 0 aliphatic carbocycles. The summed E-state index contributed by atoms with van der Waals surface area (Å²) in [4.78, 5) is 19.0. The van der Waals surface area contributed by atoms with E-state index in [1.165, 1.54) is 12.1 Å². The minimum atomic E-state index is -0.979. The number of carbonyl (C=O) groups is 1. The molecule has 1 aromatic heterocycles. The topological polar surface area (TPSA) is 84.3 Å². The van der Waals surface area contributed by atoms with Gasteiger partial charge >= 0.3 is 5.97 Å². The molecule has 1 heterocycles. The number of ether oxygens (including phenoxy) is 1. The van der Waals surface area contributed by atoms with Crippen molar-refractivity contribution in [1.29, 1.82) is 0 Å². The van der Waals surface area contributed by atoms with Gasteiger partial charge in [-0.25, -0.2) is 9.78 Å². The van der Waals surface area contributed by atoms with E-state index in [0.29, 0.717) is 24.1 Å². The van der Waals surface area contributed by atoms with Crippen molar-refractivity contribution in [2.75, 3.05) is 11.9 Å². The molecule has 0 spiro atoms. The van der Waals surface area contributed by atoms with Crippen molar-refractivity contribution >= 4 is 17.6 Å². The Morgan fingerprint density at radius 3 is 3.00 bits per heavy atom. The van der Waals surface area contributed by atoms with E-state index in [-0.39, 0.29) is 5.56 Å². The Hall–Kier alpha value is -2.63. The fourth-order valence-corrected chi connectivity index (χ4v) is 1.49. The van der Waals surface area contributed by atoms with Crippen molar-refractivity contribution in [2.45, 2.75) is 6.92 Å². The third-order valence-corrected chi connectivity index (χ3v) is 2.29. The van der Waals surface area contributed by atoms with E-state index in [0.717, 1.165) is 0 Å². The molecule has 0 fully saturated rings. The van der Waals surface area contributed by atoms with Gasteiger partial charge in [0, 0.05) is 18.0 Å². The Bertz CT molecular complexity index is 587. The second-order valence-corrected chi connectivity index (χ2v) is 3.66. The Balaban J connectivity index is 2.18. The average molecular weight is 259 g/mol. The van der Waals surface area contributed by atoms with Crippen LogP contribution in [0.4, 0.5) is 11.6 Å². The third kappa shape index (κ3) is 3.41. The van der Waals surface area contributed by atoms with Crippen LogP contribution in [0.5, 0.6) is 5.88 Å². The fraction of sp³-hybridized carbons (Fsp3) is 0.154. The van der Waals surface area contributed by atoms with Crippen LogP contribution in [0.1, 0.15) is 17.3 Å². The van der Waals surface area contributed by atoms with E-state index in [9.17, 15) is 4.79 Å². The molecule has 0 saturated heterocycles. The first-order valence-corrected chi connectivity index (χ1v) is 5.75. The average Bonchev–Trinajstić information content (AvgIpc) is 2.40. The lowest BCUT2D eigenvalue weighted by Gasteiger charge is -2.07. The van der Waals surface area contributed by atoms with Crippen molar-refractivity contribution in [2.24, 2.45) is 0 Å². The van der Waals surface area contributed by atoms with Crippen LogP contribution in [-0.4, -0.2) is 27.7 Å². The minimum Gasteiger partial charge on any atom is -0.478 e. The number of carboxylic acid groups (broad SMARTS) is 1. The number of rotatable bonds is 5. The molecule has 2 N–H and O–H groups in total. The highest BCUT2D eigenvalue weighted by Crippen LogP contribution is 2.16. The van der Waals surface area contributed by atoms with Gasteiger partial charge in [-0.1, -0.05) is 6.07 Å². The molecule has 0 unspecified atom stereocenters. The first kappa shape index (κ1) is 12.8. The molecule has 19 heavy (non-hydrogen) atoms. The number of hydrogen-bond donors (Lipinski definition) is 2. The lowest BCUT2D eigenvalue weighted by atomic mass is 10.2. The molecule has 1 aromatic carbocycles. The Morgan fingerprint density at radius 1 is 1.42 bits per heavy atom. The van der Waals surface area contributed by atoms with Crippen LogP contribution in [0, 0.1) is 0 Å². The molecule has 98 valence electrons. The van der Waals surface area contributed by atoms with Crippen molar-refractivity contribution in [3.05, 3.63) is 42.1 Å². The van der Waals surface area contributed by atoms with E-state index in [1.807, 2.05) is 6.92 Å². The van der Waals surface area contributed by atoms with Crippen molar-refractivity contribution in [3.8, 4) is 5.88 Å². The summed E-state index contributed by atoms with van der Waals surface area (Å²) in [6.45, 7) is 2.39. The van der Waals surface area contributed by atoms with Crippen molar-refractivity contribution in [1.82, 2.24) is 9.97 Å². The maximum atomic E-state index is 10.9. The molecule has 6 heteroatoms. The summed E-state index contributed by atoms with van der Waals surface area (Å²) in [7, 11) is 0. The Labute approximate surface area is 110 Å². The molecule has 6 nitrogen and oxygen atoms in total. The number of anilines is 2. The standard InChI is InChI=1S/C13H13N3O3/c1-2-19-11-6-7-14-13(16-11)15-10-5-3-4-9(8-10)12(17)18/h3-8H,2H2,1H3,(H,17,18)(H,14,15,16). The number of carboxylic acids is 1. The summed E-state index contributed by atoms with van der Waals surface area (Å²) in [6.07, 6.45) is 1.57. The van der Waals surface area contributed by atoms with Crippen LogP contribution in [0.3, 0.4) is 0 Å². The maximum Gasteiger partial charge on any atom is 0.335 e. The lowest BCUT2D eigenvalue weighted by Crippen LogP contribution is -2.02. The van der Waals surface area contributed by atoms with Crippen LogP contribution in [-0.2, 0) is 0 Å². The normalized spacial score (nSPS) is 9.95. The number of aromatic carboxylic acids is 1. The summed E-state index contributed by atoms with van der Waals surface area (Å²) < 4.78 is 5.26. The van der Waals surface area contributed by atoms with Gasteiger partial charge in [-0.3, -0.25) is 0 Å². The fourth-order valence-electron chi connectivity index (χ4n) is 1.49. The molecule has 0 aliphatic rings. The van der Waals surface area contributed by atoms with Crippen molar-refractivity contribution in [3.63, 3.8) is 0 Å². The molecule has 2 rings (SSSR count). The zero-order chi connectivity index (χ0) is 13.7. The van der Waals surface area contributed by atoms with Crippen LogP contribution in [0.15, 0.2) is 36.5 Å². The second kappa shape index (κ2) is 5.81. The zero-order valence-corrected chi connectivity index (χ0v) is 10.3. The quantitative estimate of drug-likeness (QED) is 0.857. The van der Waals surface area contributed by atoms with Gasteiger partial charge < -0.3 is 15.2 Å². The summed E-state index contributed by atoms with van der Waals surface area (Å²) in [5, 5.41) is 11.8. The van der Waals surface area contributed by atoms with Gasteiger partial charge in [-0.05, 0) is 25.1 Å². The molecule has 0 saturated carbocycles. The Morgan fingerprint density at radius 2 is 2.26 bits per heavy atom. The minimum absolute atomic E-state index is 0.200. The summed E-state index contributed by atoms with van der Waals surface area (Å²) in [6, 6.07) is 8.08. The number of nitrogens with one attached hydrogen (secondary N) is 1. The summed E-state index contributed by atoms with van der Waals surface area (Å²) >= 11 is 0. The van der Waals surface area contributed by atoms with Crippen LogP contribution >= 0.6 is 0 Å². The van der Waals surface area contributed by atoms with Gasteiger partial charge in [0.05, 0.1) is 12.2 Å². The Kier molecular flexibility index (Phi) is 3.92. The third-order valence-electron chi connectivity index (χ3n) is 2.29. The van der Waals surface area contributed by atoms with E-state index < -0.39 is 5.97 Å². The first-order valence-electron chi connectivity index (χ1n) is 5.75. The number of hydrogen-bond acceptors (Lipinski definition) is 5. The maximum absolute atomic E-state index is 10.9. The van der Waals surface area contributed by atoms with E-state index in [4.69, 9.17) is 9.84 Å². The molecule has 0 aliphatic heterocycles. The van der Waals surface area contributed by atoms with Gasteiger partial charge in [-0.15, -0.1) is 0 Å². The van der Waals surface area contributed by atoms with Crippen LogP contribution in [0.25, 0.3) is 0 Å². The van der Waals surface area contributed by atoms with E-state index >= 15 is 0 Å². The highest BCUT2D eigenvalue weighted by Gasteiger charge is 2.05. The molecular formula is C13H13N3O3. The molecule has 2 aromatic rings. The van der Waals surface area contributed by atoms with Crippen molar-refractivity contribution < 1.29 is 14.6 Å². The van der Waals surface area contributed by atoms with E-state index in [1.54, 1.807) is 24.4 Å². The van der Waals surface area contributed by atoms with E-state index in [2.05, 4.69) is 15.3 Å². The summed E-state index contributed by atoms with van der Waals surface area (Å²) in [5.41, 5.74) is 0.805. The summed E-state index contributed by atoms with van der Waals surface area (Å²) in [5.74, 6) is -0.157. The second-order valence-electron chi connectivity index (χ2n) is 3.66. The smallest absolute Gasteiger partial charge is 0.335 e. The van der Waals surface area contributed by atoms with Gasteiger partial charge in [0.2, 0.25) is 11.8 Å². The SMILES string of the molecule is CCOc1ccnc(Nc2cccc(C(=O)O)c2)n1. The van der Waals surface area contributed by atoms with Crippen LogP contribution in [0.2, 0.25) is 0 Å². The monoisotopic (exact) mass is 259 g/mol. The van der Waals surface area contributed by atoms with Crippen LogP contribution < -0.4 is 10.1 Å². The zero-order valence-electron chi connectivity index (χ0n) is 10.3. The molecule has 0 amide bonds. The number of aromatic nitrogens is 2. The highest BCUT2D eigenvalue weighted by molar-refractivity contribution is 5.88. The largest absolute Gasteiger partial charge is 0.478 e. The molecule has 0 bridgehead atoms. The number of benzene rings is 1. The highest BCUT2D eigenvalue weighted by atomic mass is 16.5. The lowest BCUT2D eigenvalue weighted by molar-refractivity contribution is 0.0697. The van der Waals surface area contributed by atoms with Gasteiger partial charge in [0.25, 0.3) is 0 Å². The van der Waals surface area contributed by atoms with Gasteiger partial charge in [0.1, 0.15) is 0 Å². The predicted octanol–water partition coefficient (Wildman–Crippen LogP) is 2.32. The van der Waals surface area contributed by atoms with Gasteiger partial charge in [0.15, 0.2) is 0 Å². The first-order chi connectivity index (χ1) is 9.19. The number of nitrogens with zero attached hydrogens (tertiary/aromatic N) is 2. The molecule has 0 radical (unpaired) electrons. The van der Waals surface area contributed by atoms with Gasteiger partial charge in [-0.2, -0.15) is 4.98 Å². The molecular weight excluding hydrogens is 246 g/mol. The molecule has 0 atom stereocenters. The predicted molar refractivity (Wildman–Crippen MR) is 69.9 cm³/mol.